The summed E-state index contributed by atoms with van der Waals surface area (Å²) >= 11 is 0. The summed E-state index contributed by atoms with van der Waals surface area (Å²) in [5.41, 5.74) is 7.56. The number of nitrogens with one attached hydrogen (secondary N) is 1. The minimum absolute atomic E-state index is 0.704. The van der Waals surface area contributed by atoms with Crippen LogP contribution in [0, 0.1) is 0 Å². The molecule has 2 aromatic rings. The van der Waals surface area contributed by atoms with Crippen molar-refractivity contribution in [2.75, 3.05) is 24.2 Å². The zero-order valence-corrected chi connectivity index (χ0v) is 11.7. The van der Waals surface area contributed by atoms with Gasteiger partial charge in [-0.1, -0.05) is 12.1 Å². The van der Waals surface area contributed by atoms with Gasteiger partial charge in [-0.15, -0.1) is 5.10 Å². The number of aryl methyl sites for hydroxylation is 1. The van der Waals surface area contributed by atoms with Gasteiger partial charge in [-0.25, -0.2) is 0 Å². The van der Waals surface area contributed by atoms with Crippen LogP contribution in [0.2, 0.25) is 0 Å². The molecule has 0 amide bonds. The van der Waals surface area contributed by atoms with E-state index in [-0.39, 0.29) is 0 Å². The lowest BCUT2D eigenvalue weighted by atomic mass is 10.2. The number of nitrogens with two attached hydrogens (primary N) is 1. The van der Waals surface area contributed by atoms with E-state index in [2.05, 4.69) is 22.6 Å². The zero-order valence-electron chi connectivity index (χ0n) is 11.7. The molecule has 0 radical (unpaired) electrons. The van der Waals surface area contributed by atoms with E-state index in [4.69, 9.17) is 10.5 Å². The molecule has 0 aliphatic carbocycles. The number of nitrogens with zero attached hydrogens (tertiary/aromatic N) is 3. The van der Waals surface area contributed by atoms with Crippen LogP contribution in [0.5, 0.6) is 5.75 Å². The van der Waals surface area contributed by atoms with Crippen molar-refractivity contribution in [1.29, 1.82) is 0 Å². The second kappa shape index (κ2) is 7.37. The predicted octanol–water partition coefficient (Wildman–Crippen LogP) is 2.15. The molecule has 0 saturated heterocycles. The van der Waals surface area contributed by atoms with Gasteiger partial charge < -0.3 is 15.8 Å². The monoisotopic (exact) mass is 275 g/mol. The number of hydrogen-bond donors (Lipinski definition) is 2. The molecular weight excluding hydrogens is 254 g/mol. The fourth-order valence-electron chi connectivity index (χ4n) is 1.85. The van der Waals surface area contributed by atoms with Crippen molar-refractivity contribution in [2.45, 2.75) is 26.3 Å². The maximum atomic E-state index is 5.87. The van der Waals surface area contributed by atoms with E-state index < -0.39 is 0 Å². The molecule has 1 aromatic heterocycles. The molecule has 0 unspecified atom stereocenters. The van der Waals surface area contributed by atoms with Gasteiger partial charge in [-0.3, -0.25) is 4.68 Å². The third-order valence-electron chi connectivity index (χ3n) is 2.77. The maximum absolute atomic E-state index is 5.87. The SMILES string of the molecule is CCCOc1cc(N)cc(NCCCn2ccnn2)c1. The van der Waals surface area contributed by atoms with E-state index in [0.717, 1.165) is 37.4 Å². The minimum atomic E-state index is 0.704. The first kappa shape index (κ1) is 14.2. The second-order valence-electron chi connectivity index (χ2n) is 4.59. The molecule has 0 atom stereocenters. The predicted molar refractivity (Wildman–Crippen MR) is 79.8 cm³/mol. The molecule has 0 aliphatic heterocycles. The van der Waals surface area contributed by atoms with Crippen LogP contribution in [0.15, 0.2) is 30.6 Å². The van der Waals surface area contributed by atoms with Gasteiger partial charge in [0.25, 0.3) is 0 Å². The lowest BCUT2D eigenvalue weighted by molar-refractivity contribution is 0.318. The summed E-state index contributed by atoms with van der Waals surface area (Å²) in [5, 5.41) is 11.0. The highest BCUT2D eigenvalue weighted by molar-refractivity contribution is 5.59. The Morgan fingerprint density at radius 3 is 3.00 bits per heavy atom. The lowest BCUT2D eigenvalue weighted by Crippen LogP contribution is -2.08. The summed E-state index contributed by atoms with van der Waals surface area (Å²) in [6.07, 6.45) is 5.48. The molecule has 0 fully saturated rings. The highest BCUT2D eigenvalue weighted by Crippen LogP contribution is 2.22. The number of ether oxygens (including phenoxy) is 1. The lowest BCUT2D eigenvalue weighted by Gasteiger charge is -2.11. The number of rotatable bonds is 8. The molecule has 20 heavy (non-hydrogen) atoms. The Bertz CT molecular complexity index is 512. The molecule has 0 spiro atoms. The molecule has 0 bridgehead atoms. The smallest absolute Gasteiger partial charge is 0.123 e. The van der Waals surface area contributed by atoms with Gasteiger partial charge in [-0.2, -0.15) is 0 Å². The van der Waals surface area contributed by atoms with Gasteiger partial charge in [0.1, 0.15) is 5.75 Å². The summed E-state index contributed by atoms with van der Waals surface area (Å²) in [6.45, 7) is 4.47. The van der Waals surface area contributed by atoms with Crippen molar-refractivity contribution in [1.82, 2.24) is 15.0 Å². The van der Waals surface area contributed by atoms with Crippen molar-refractivity contribution in [2.24, 2.45) is 0 Å². The van der Waals surface area contributed by atoms with Crippen LogP contribution in [-0.4, -0.2) is 28.1 Å². The first-order valence-corrected chi connectivity index (χ1v) is 6.89. The van der Waals surface area contributed by atoms with Crippen molar-refractivity contribution < 1.29 is 4.74 Å². The Kier molecular flexibility index (Phi) is 5.23. The Morgan fingerprint density at radius 2 is 2.25 bits per heavy atom. The van der Waals surface area contributed by atoms with E-state index in [1.807, 2.05) is 29.1 Å². The van der Waals surface area contributed by atoms with Gasteiger partial charge in [0.2, 0.25) is 0 Å². The molecule has 1 heterocycles. The Hall–Kier alpha value is -2.24. The fraction of sp³-hybridized carbons (Fsp3) is 0.429. The molecule has 3 N–H and O–H groups in total. The van der Waals surface area contributed by atoms with Gasteiger partial charge in [0.15, 0.2) is 0 Å². The van der Waals surface area contributed by atoms with Crippen molar-refractivity contribution >= 4 is 11.4 Å². The van der Waals surface area contributed by atoms with Crippen LogP contribution >= 0.6 is 0 Å². The van der Waals surface area contributed by atoms with Crippen molar-refractivity contribution in [3.63, 3.8) is 0 Å². The van der Waals surface area contributed by atoms with Crippen LogP contribution in [0.1, 0.15) is 19.8 Å². The van der Waals surface area contributed by atoms with Crippen LogP contribution in [0.3, 0.4) is 0 Å². The number of nitrogen functional groups attached to an aromatic ring is 1. The van der Waals surface area contributed by atoms with Gasteiger partial charge in [0, 0.05) is 42.8 Å². The van der Waals surface area contributed by atoms with Crippen LogP contribution in [-0.2, 0) is 6.54 Å². The third kappa shape index (κ3) is 4.46. The quantitative estimate of drug-likeness (QED) is 0.570. The first-order valence-electron chi connectivity index (χ1n) is 6.89. The first-order chi connectivity index (χ1) is 9.78. The van der Waals surface area contributed by atoms with Gasteiger partial charge >= 0.3 is 0 Å². The summed E-state index contributed by atoms with van der Waals surface area (Å²) < 4.78 is 7.42. The normalized spacial score (nSPS) is 10.4. The maximum Gasteiger partial charge on any atom is 0.123 e. The summed E-state index contributed by atoms with van der Waals surface area (Å²) in [7, 11) is 0. The molecular formula is C14H21N5O. The third-order valence-corrected chi connectivity index (χ3v) is 2.77. The molecule has 6 heteroatoms. The summed E-state index contributed by atoms with van der Waals surface area (Å²) in [6, 6.07) is 5.73. The Balaban J connectivity index is 1.80. The Labute approximate surface area is 118 Å². The average Bonchev–Trinajstić information content (AvgIpc) is 2.94. The van der Waals surface area contributed by atoms with Crippen molar-refractivity contribution in [3.8, 4) is 5.75 Å². The Morgan fingerprint density at radius 1 is 1.35 bits per heavy atom. The standard InChI is InChI=1S/C14H21N5O/c1-2-8-20-14-10-12(15)9-13(11-14)16-4-3-6-19-7-5-17-18-19/h5,7,9-11,16H,2-4,6,8,15H2,1H3. The van der Waals surface area contributed by atoms with E-state index in [1.54, 1.807) is 6.20 Å². The van der Waals surface area contributed by atoms with Crippen molar-refractivity contribution in [3.05, 3.63) is 30.6 Å². The van der Waals surface area contributed by atoms with E-state index in [9.17, 15) is 0 Å². The van der Waals surface area contributed by atoms with Crippen LogP contribution in [0.25, 0.3) is 0 Å². The molecule has 6 nitrogen and oxygen atoms in total. The summed E-state index contributed by atoms with van der Waals surface area (Å²) in [4.78, 5) is 0. The van der Waals surface area contributed by atoms with E-state index in [1.165, 1.54) is 0 Å². The van der Waals surface area contributed by atoms with Gasteiger partial charge in [0.05, 0.1) is 12.8 Å². The number of hydrogen-bond acceptors (Lipinski definition) is 5. The number of benzene rings is 1. The zero-order chi connectivity index (χ0) is 14.2. The highest BCUT2D eigenvalue weighted by Gasteiger charge is 2.00. The fourth-order valence-corrected chi connectivity index (χ4v) is 1.85. The van der Waals surface area contributed by atoms with E-state index in [0.29, 0.717) is 12.3 Å². The van der Waals surface area contributed by atoms with Crippen LogP contribution < -0.4 is 15.8 Å². The molecule has 2 rings (SSSR count). The second-order valence-corrected chi connectivity index (χ2v) is 4.59. The molecule has 0 aliphatic rings. The molecule has 0 saturated carbocycles. The van der Waals surface area contributed by atoms with Crippen LogP contribution in [0.4, 0.5) is 11.4 Å². The number of aromatic nitrogens is 3. The highest BCUT2D eigenvalue weighted by atomic mass is 16.5. The molecule has 108 valence electrons. The van der Waals surface area contributed by atoms with E-state index >= 15 is 0 Å². The van der Waals surface area contributed by atoms with Gasteiger partial charge in [-0.05, 0) is 18.9 Å². The average molecular weight is 275 g/mol. The molecule has 1 aromatic carbocycles. The topological polar surface area (TPSA) is 78.0 Å². The minimum Gasteiger partial charge on any atom is -0.493 e. The largest absolute Gasteiger partial charge is 0.493 e. The summed E-state index contributed by atoms with van der Waals surface area (Å²) in [5.74, 6) is 0.811. The number of anilines is 2.